The van der Waals surface area contributed by atoms with Crippen molar-refractivity contribution in [3.63, 3.8) is 0 Å². The van der Waals surface area contributed by atoms with Gasteiger partial charge in [0.1, 0.15) is 11.3 Å². The van der Waals surface area contributed by atoms with Crippen LogP contribution < -0.4 is 5.73 Å². The Labute approximate surface area is 95.2 Å². The minimum atomic E-state index is 0.408. The lowest BCUT2D eigenvalue weighted by Crippen LogP contribution is -1.99. The molecule has 3 nitrogen and oxygen atoms in total. The van der Waals surface area contributed by atoms with E-state index in [2.05, 4.69) is 26.0 Å². The van der Waals surface area contributed by atoms with Crippen molar-refractivity contribution >= 4 is 11.0 Å². The van der Waals surface area contributed by atoms with Gasteiger partial charge in [-0.15, -0.1) is 0 Å². The Morgan fingerprint density at radius 1 is 1.25 bits per heavy atom. The van der Waals surface area contributed by atoms with E-state index in [4.69, 9.17) is 14.9 Å². The van der Waals surface area contributed by atoms with Crippen LogP contribution in [0.1, 0.15) is 22.5 Å². The molecule has 0 atom stereocenters. The quantitative estimate of drug-likeness (QED) is 0.863. The second-order valence-corrected chi connectivity index (χ2v) is 4.07. The molecule has 0 aliphatic rings. The lowest BCUT2D eigenvalue weighted by atomic mass is 10.0. The molecule has 2 rings (SSSR count). The van der Waals surface area contributed by atoms with Gasteiger partial charge in [0.15, 0.2) is 0 Å². The predicted molar refractivity (Wildman–Crippen MR) is 64.3 cm³/mol. The van der Waals surface area contributed by atoms with Crippen LogP contribution in [-0.2, 0) is 17.9 Å². The van der Waals surface area contributed by atoms with Gasteiger partial charge in [-0.25, -0.2) is 0 Å². The molecule has 0 spiro atoms. The number of nitrogens with two attached hydrogens (primary N) is 1. The summed E-state index contributed by atoms with van der Waals surface area (Å²) in [5, 5.41) is 1.12. The molecule has 0 saturated heterocycles. The smallest absolute Gasteiger partial charge is 0.135 e. The van der Waals surface area contributed by atoms with Gasteiger partial charge in [-0.2, -0.15) is 0 Å². The van der Waals surface area contributed by atoms with E-state index in [1.807, 2.05) is 0 Å². The number of hydrogen-bond acceptors (Lipinski definition) is 3. The monoisotopic (exact) mass is 219 g/mol. The molecule has 0 fully saturated rings. The highest BCUT2D eigenvalue weighted by Crippen LogP contribution is 2.28. The zero-order valence-electron chi connectivity index (χ0n) is 9.96. The molecule has 0 unspecified atom stereocenters. The van der Waals surface area contributed by atoms with Gasteiger partial charge in [0.2, 0.25) is 0 Å². The largest absolute Gasteiger partial charge is 0.459 e. The first-order valence-corrected chi connectivity index (χ1v) is 5.38. The van der Waals surface area contributed by atoms with Crippen LogP contribution in [-0.4, -0.2) is 7.11 Å². The van der Waals surface area contributed by atoms with E-state index in [0.717, 1.165) is 22.3 Å². The highest BCUT2D eigenvalue weighted by atomic mass is 16.5. The number of fused-ring (bicyclic) bond motifs is 1. The molecular formula is C13H17NO2. The third-order valence-electron chi connectivity index (χ3n) is 2.96. The van der Waals surface area contributed by atoms with E-state index >= 15 is 0 Å². The minimum absolute atomic E-state index is 0.408. The van der Waals surface area contributed by atoms with Crippen LogP contribution in [0, 0.1) is 13.8 Å². The molecule has 0 radical (unpaired) electrons. The maximum Gasteiger partial charge on any atom is 0.135 e. The van der Waals surface area contributed by atoms with E-state index in [1.165, 1.54) is 11.1 Å². The number of methoxy groups -OCH3 is 1. The lowest BCUT2D eigenvalue weighted by Gasteiger charge is -2.01. The number of ether oxygens (including phenoxy) is 1. The van der Waals surface area contributed by atoms with E-state index in [9.17, 15) is 0 Å². The van der Waals surface area contributed by atoms with Gasteiger partial charge in [-0.3, -0.25) is 0 Å². The molecule has 1 aromatic carbocycles. The number of benzene rings is 1. The number of hydrogen-bond donors (Lipinski definition) is 1. The summed E-state index contributed by atoms with van der Waals surface area (Å²) in [6.45, 7) is 5.13. The van der Waals surface area contributed by atoms with Crippen LogP contribution in [0.3, 0.4) is 0 Å². The first kappa shape index (κ1) is 11.2. The van der Waals surface area contributed by atoms with E-state index in [1.54, 1.807) is 7.11 Å². The molecule has 0 bridgehead atoms. The molecule has 3 heteroatoms. The van der Waals surface area contributed by atoms with E-state index < -0.39 is 0 Å². The topological polar surface area (TPSA) is 48.4 Å². The van der Waals surface area contributed by atoms with Crippen molar-refractivity contribution in [2.75, 3.05) is 7.11 Å². The fourth-order valence-corrected chi connectivity index (χ4v) is 1.92. The van der Waals surface area contributed by atoms with Gasteiger partial charge < -0.3 is 14.9 Å². The standard InChI is InChI=1S/C13H17NO2/c1-8-4-10-11(7-15-3)13(6-14)16-12(10)5-9(8)2/h4-5H,6-7,14H2,1-3H3. The Bertz CT molecular complexity index is 514. The van der Waals surface area contributed by atoms with Crippen LogP contribution in [0.4, 0.5) is 0 Å². The molecule has 2 N–H and O–H groups in total. The fourth-order valence-electron chi connectivity index (χ4n) is 1.92. The summed E-state index contributed by atoms with van der Waals surface area (Å²) in [7, 11) is 1.68. The van der Waals surface area contributed by atoms with Gasteiger partial charge in [0, 0.05) is 18.1 Å². The average Bonchev–Trinajstić information content (AvgIpc) is 2.58. The van der Waals surface area contributed by atoms with Gasteiger partial charge in [-0.05, 0) is 37.1 Å². The molecule has 1 heterocycles. The first-order chi connectivity index (χ1) is 7.67. The summed E-state index contributed by atoms with van der Waals surface area (Å²) in [4.78, 5) is 0. The summed E-state index contributed by atoms with van der Waals surface area (Å²) in [5.41, 5.74) is 10.1. The highest BCUT2D eigenvalue weighted by molar-refractivity contribution is 5.83. The van der Waals surface area contributed by atoms with Gasteiger partial charge in [-0.1, -0.05) is 0 Å². The SMILES string of the molecule is COCc1c(CN)oc2cc(C)c(C)cc12. The molecule has 0 saturated carbocycles. The third kappa shape index (κ3) is 1.72. The van der Waals surface area contributed by atoms with Crippen molar-refractivity contribution in [1.29, 1.82) is 0 Å². The molecule has 86 valence electrons. The number of rotatable bonds is 3. The summed E-state index contributed by atoms with van der Waals surface area (Å²) in [5.74, 6) is 0.821. The van der Waals surface area contributed by atoms with Crippen LogP contribution in [0.15, 0.2) is 16.5 Å². The zero-order valence-corrected chi connectivity index (χ0v) is 9.96. The van der Waals surface area contributed by atoms with Crippen molar-refractivity contribution < 1.29 is 9.15 Å². The molecular weight excluding hydrogens is 202 g/mol. The second kappa shape index (κ2) is 4.28. The van der Waals surface area contributed by atoms with Gasteiger partial charge in [0.05, 0.1) is 13.2 Å². The van der Waals surface area contributed by atoms with Crippen LogP contribution in [0.2, 0.25) is 0 Å². The Morgan fingerprint density at radius 3 is 2.56 bits per heavy atom. The lowest BCUT2D eigenvalue weighted by molar-refractivity contribution is 0.184. The van der Waals surface area contributed by atoms with Crippen LogP contribution in [0.5, 0.6) is 0 Å². The maximum atomic E-state index is 5.73. The molecule has 1 aromatic heterocycles. The molecule has 0 aliphatic heterocycles. The first-order valence-electron chi connectivity index (χ1n) is 5.38. The maximum absolute atomic E-state index is 5.73. The summed E-state index contributed by atoms with van der Waals surface area (Å²) >= 11 is 0. The van der Waals surface area contributed by atoms with Crippen molar-refractivity contribution in [3.05, 3.63) is 34.6 Å². The molecule has 2 aromatic rings. The third-order valence-corrected chi connectivity index (χ3v) is 2.96. The number of aryl methyl sites for hydroxylation is 2. The number of furan rings is 1. The molecule has 0 amide bonds. The Morgan fingerprint density at radius 2 is 1.94 bits per heavy atom. The van der Waals surface area contributed by atoms with Crippen molar-refractivity contribution in [2.45, 2.75) is 27.0 Å². The van der Waals surface area contributed by atoms with E-state index in [-0.39, 0.29) is 0 Å². The summed E-state index contributed by atoms with van der Waals surface area (Å²) in [6.07, 6.45) is 0. The highest BCUT2D eigenvalue weighted by Gasteiger charge is 2.13. The Balaban J connectivity index is 2.69. The van der Waals surface area contributed by atoms with Crippen molar-refractivity contribution in [2.24, 2.45) is 5.73 Å². The van der Waals surface area contributed by atoms with E-state index in [0.29, 0.717) is 13.2 Å². The molecule has 16 heavy (non-hydrogen) atoms. The summed E-state index contributed by atoms with van der Waals surface area (Å²) < 4.78 is 10.9. The summed E-state index contributed by atoms with van der Waals surface area (Å²) in [6, 6.07) is 4.20. The van der Waals surface area contributed by atoms with Crippen molar-refractivity contribution in [1.82, 2.24) is 0 Å². The Kier molecular flexibility index (Phi) is 2.99. The molecule has 0 aliphatic carbocycles. The fraction of sp³-hybridized carbons (Fsp3) is 0.385. The van der Waals surface area contributed by atoms with Crippen LogP contribution in [0.25, 0.3) is 11.0 Å². The van der Waals surface area contributed by atoms with Crippen molar-refractivity contribution in [3.8, 4) is 0 Å². The van der Waals surface area contributed by atoms with Gasteiger partial charge in [0.25, 0.3) is 0 Å². The normalized spacial score (nSPS) is 11.2. The predicted octanol–water partition coefficient (Wildman–Crippen LogP) is 2.65. The average molecular weight is 219 g/mol. The zero-order chi connectivity index (χ0) is 11.7. The van der Waals surface area contributed by atoms with Gasteiger partial charge >= 0.3 is 0 Å². The van der Waals surface area contributed by atoms with Crippen LogP contribution >= 0.6 is 0 Å². The minimum Gasteiger partial charge on any atom is -0.459 e. The Hall–Kier alpha value is -1.32. The second-order valence-electron chi connectivity index (χ2n) is 4.07.